The highest BCUT2D eigenvalue weighted by Gasteiger charge is 2.56. The van der Waals surface area contributed by atoms with Crippen LogP contribution in [0.1, 0.15) is 41.5 Å². The second kappa shape index (κ2) is 27.9. The first-order valence-corrected chi connectivity index (χ1v) is 9.45. The van der Waals surface area contributed by atoms with Gasteiger partial charge in [0, 0.05) is 34.6 Å². The molecule has 0 saturated carbocycles. The van der Waals surface area contributed by atoms with Crippen LogP contribution in [0.5, 0.6) is 0 Å². The molecule has 0 heterocycles. The summed E-state index contributed by atoms with van der Waals surface area (Å²) < 4.78 is 4.60. The molecule has 0 aliphatic rings. The van der Waals surface area contributed by atoms with Gasteiger partial charge in [0.05, 0.1) is 33.0 Å². The number of rotatable bonds is 7. The second-order valence-electron chi connectivity index (χ2n) is 6.06. The number of hydrogen-bond donors (Lipinski definition) is 10. The summed E-state index contributed by atoms with van der Waals surface area (Å²) in [6.45, 7) is 2.99. The Morgan fingerprint density at radius 2 is 0.750 bits per heavy atom. The van der Waals surface area contributed by atoms with Crippen LogP contribution < -0.4 is 0 Å². The van der Waals surface area contributed by atoms with Crippen LogP contribution in [0.15, 0.2) is 0 Å². The van der Waals surface area contributed by atoms with Crippen molar-refractivity contribution < 1.29 is 84.6 Å². The van der Waals surface area contributed by atoms with Crippen molar-refractivity contribution in [3.8, 4) is 0 Å². The summed E-state index contributed by atoms with van der Waals surface area (Å²) >= 11 is 0. The van der Waals surface area contributed by atoms with Crippen LogP contribution in [0.2, 0.25) is 0 Å². The molecule has 216 valence electrons. The molecular weight excluding hydrogens is 500 g/mol. The van der Waals surface area contributed by atoms with Crippen LogP contribution in [0.3, 0.4) is 0 Å². The Morgan fingerprint density at radius 1 is 0.556 bits per heavy atom. The molecule has 0 bridgehead atoms. The van der Waals surface area contributed by atoms with E-state index in [2.05, 4.69) is 4.74 Å². The molecule has 0 fully saturated rings. The molecule has 0 unspecified atom stereocenters. The molecule has 0 aromatic rings. The maximum Gasteiger partial charge on any atom is 0.319 e. The van der Waals surface area contributed by atoms with Gasteiger partial charge in [-0.05, 0) is 6.92 Å². The molecule has 36 heavy (non-hydrogen) atoms. The van der Waals surface area contributed by atoms with Gasteiger partial charge in [-0.3, -0.25) is 28.8 Å². The van der Waals surface area contributed by atoms with E-state index in [1.165, 1.54) is 6.92 Å². The normalized spacial score (nSPS) is 9.08. The van der Waals surface area contributed by atoms with E-state index in [1.54, 1.807) is 0 Å². The van der Waals surface area contributed by atoms with Crippen molar-refractivity contribution in [1.82, 2.24) is 0 Å². The van der Waals surface area contributed by atoms with E-state index < -0.39 is 73.3 Å². The fourth-order valence-corrected chi connectivity index (χ4v) is 1.29. The van der Waals surface area contributed by atoms with Gasteiger partial charge in [0.1, 0.15) is 11.0 Å². The maximum absolute atomic E-state index is 11.6. The molecule has 0 spiro atoms. The van der Waals surface area contributed by atoms with Crippen LogP contribution in [-0.4, -0.2) is 126 Å². The van der Waals surface area contributed by atoms with Gasteiger partial charge < -0.3 is 55.8 Å². The summed E-state index contributed by atoms with van der Waals surface area (Å²) in [5, 5.41) is 83.1. The first-order chi connectivity index (χ1) is 16.1. The highest BCUT2D eigenvalue weighted by molar-refractivity contribution is 5.79. The van der Waals surface area contributed by atoms with E-state index >= 15 is 0 Å². The Bertz CT molecular complexity index is 532. The summed E-state index contributed by atoms with van der Waals surface area (Å²) in [6.07, 6.45) is 0. The summed E-state index contributed by atoms with van der Waals surface area (Å²) in [4.78, 5) is 56.6. The largest absolute Gasteiger partial charge is 0.481 e. The van der Waals surface area contributed by atoms with E-state index in [9.17, 15) is 9.90 Å². The minimum absolute atomic E-state index is 0.0203. The van der Waals surface area contributed by atoms with E-state index in [0.717, 1.165) is 34.6 Å². The average molecular weight is 538 g/mol. The van der Waals surface area contributed by atoms with Gasteiger partial charge in [0.25, 0.3) is 29.8 Å². The Hall–Kier alpha value is -3.38. The number of aliphatic hydroxyl groups is 5. The van der Waals surface area contributed by atoms with Gasteiger partial charge in [-0.25, -0.2) is 0 Å². The molecule has 0 aliphatic heterocycles. The summed E-state index contributed by atoms with van der Waals surface area (Å²) in [5.74, 6) is -5.24. The van der Waals surface area contributed by atoms with E-state index in [0.29, 0.717) is 0 Å². The lowest BCUT2D eigenvalue weighted by Gasteiger charge is -2.40. The molecule has 10 N–H and O–H groups in total. The van der Waals surface area contributed by atoms with E-state index in [-0.39, 0.29) is 6.61 Å². The SMILES string of the molecule is CC(=O)O.CC(=O)O.CC(=O)O.CC(=O)O.CC(=O)O.CCOC(=O)C(CO)(CO)C(O)(CO)CO. The van der Waals surface area contributed by atoms with Gasteiger partial charge in [0.15, 0.2) is 0 Å². The standard InChI is InChI=1S/C9H18O7.5C2H4O2/c1-2-16-7(14)8(3-10,4-11)9(15,5-12)6-13;5*1-2(3)4/h10-13,15H,2-6H2,1H3;5*1H3,(H,3,4). The molecule has 17 nitrogen and oxygen atoms in total. The molecular formula is C19H38O17. The molecule has 0 aromatic heterocycles. The van der Waals surface area contributed by atoms with Crippen LogP contribution in [0.4, 0.5) is 0 Å². The minimum atomic E-state index is -2.34. The smallest absolute Gasteiger partial charge is 0.319 e. The lowest BCUT2D eigenvalue weighted by Crippen LogP contribution is -2.62. The number of hydrogen-bond acceptors (Lipinski definition) is 12. The number of carboxylic acids is 5. The molecule has 0 saturated heterocycles. The fraction of sp³-hybridized carbons (Fsp3) is 0.684. The quantitative estimate of drug-likeness (QED) is 0.152. The first kappa shape index (κ1) is 46.0. The number of ether oxygens (including phenoxy) is 1. The van der Waals surface area contributed by atoms with Gasteiger partial charge in [-0.1, -0.05) is 0 Å². The number of carbonyl (C=O) groups is 6. The van der Waals surface area contributed by atoms with Crippen LogP contribution in [-0.2, 0) is 33.5 Å². The van der Waals surface area contributed by atoms with Crippen LogP contribution in [0.25, 0.3) is 0 Å². The summed E-state index contributed by atoms with van der Waals surface area (Å²) in [6, 6.07) is 0. The Kier molecular flexibility index (Phi) is 35.6. The van der Waals surface area contributed by atoms with Gasteiger partial charge >= 0.3 is 5.97 Å². The predicted octanol–water partition coefficient (Wildman–Crippen LogP) is -2.31. The second-order valence-corrected chi connectivity index (χ2v) is 6.06. The molecule has 0 amide bonds. The predicted molar refractivity (Wildman–Crippen MR) is 119 cm³/mol. The van der Waals surface area contributed by atoms with Crippen molar-refractivity contribution in [1.29, 1.82) is 0 Å². The van der Waals surface area contributed by atoms with Gasteiger partial charge in [0.2, 0.25) is 0 Å². The first-order valence-electron chi connectivity index (χ1n) is 9.45. The zero-order chi connectivity index (χ0) is 30.7. The Morgan fingerprint density at radius 3 is 0.861 bits per heavy atom. The highest BCUT2D eigenvalue weighted by Crippen LogP contribution is 2.32. The lowest BCUT2D eigenvalue weighted by molar-refractivity contribution is -0.205. The zero-order valence-electron chi connectivity index (χ0n) is 20.9. The van der Waals surface area contributed by atoms with E-state index in [1.807, 2.05) is 0 Å². The monoisotopic (exact) mass is 538 g/mol. The average Bonchev–Trinajstić information content (AvgIpc) is 2.67. The third-order valence-electron chi connectivity index (χ3n) is 2.62. The number of aliphatic carboxylic acids is 5. The third kappa shape index (κ3) is 37.9. The molecule has 0 atom stereocenters. The minimum Gasteiger partial charge on any atom is -0.481 e. The van der Waals surface area contributed by atoms with Gasteiger partial charge in [-0.15, -0.1) is 0 Å². The fourth-order valence-electron chi connectivity index (χ4n) is 1.29. The molecule has 0 rings (SSSR count). The van der Waals surface area contributed by atoms with Crippen LogP contribution >= 0.6 is 0 Å². The van der Waals surface area contributed by atoms with Crippen LogP contribution in [0, 0.1) is 5.41 Å². The van der Waals surface area contributed by atoms with Crippen molar-refractivity contribution >= 4 is 35.8 Å². The van der Waals surface area contributed by atoms with Gasteiger partial charge in [-0.2, -0.15) is 0 Å². The Labute approximate surface area is 206 Å². The Balaban J connectivity index is -0.0000000914. The zero-order valence-corrected chi connectivity index (χ0v) is 20.9. The van der Waals surface area contributed by atoms with Crippen molar-refractivity contribution in [3.05, 3.63) is 0 Å². The van der Waals surface area contributed by atoms with E-state index in [4.69, 9.17) is 69.9 Å². The van der Waals surface area contributed by atoms with Crippen molar-refractivity contribution in [2.24, 2.45) is 5.41 Å². The van der Waals surface area contributed by atoms with Crippen molar-refractivity contribution in [2.75, 3.05) is 33.0 Å². The number of esters is 1. The summed E-state index contributed by atoms with van der Waals surface area (Å²) in [5.41, 5.74) is -4.49. The summed E-state index contributed by atoms with van der Waals surface area (Å²) in [7, 11) is 0. The molecule has 17 heteroatoms. The third-order valence-corrected chi connectivity index (χ3v) is 2.62. The topological polar surface area (TPSA) is 314 Å². The number of carboxylic acid groups (broad SMARTS) is 5. The van der Waals surface area contributed by atoms with Crippen molar-refractivity contribution in [3.63, 3.8) is 0 Å². The lowest BCUT2D eigenvalue weighted by atomic mass is 9.73. The molecule has 0 aromatic carbocycles. The van der Waals surface area contributed by atoms with Crippen molar-refractivity contribution in [2.45, 2.75) is 47.1 Å². The highest BCUT2D eigenvalue weighted by atomic mass is 16.5. The number of aliphatic hydroxyl groups excluding tert-OH is 4. The number of carbonyl (C=O) groups excluding carboxylic acids is 1. The molecule has 0 radical (unpaired) electrons. The maximum atomic E-state index is 11.6. The molecule has 0 aliphatic carbocycles.